The highest BCUT2D eigenvalue weighted by Gasteiger charge is 2.15. The van der Waals surface area contributed by atoms with Gasteiger partial charge in [0.05, 0.1) is 16.0 Å². The second-order valence-corrected chi connectivity index (χ2v) is 7.63. The number of halogens is 2. The molecule has 0 saturated heterocycles. The van der Waals surface area contributed by atoms with Crippen molar-refractivity contribution >= 4 is 25.8 Å². The lowest BCUT2D eigenvalue weighted by Crippen LogP contribution is -2.08. The van der Waals surface area contributed by atoms with Crippen LogP contribution in [-0.2, 0) is 21.3 Å². The van der Waals surface area contributed by atoms with Gasteiger partial charge in [-0.25, -0.2) is 12.8 Å². The summed E-state index contributed by atoms with van der Waals surface area (Å²) >= 11 is 3.06. The maximum absolute atomic E-state index is 13.1. The Morgan fingerprint density at radius 3 is 2.45 bits per heavy atom. The SMILES string of the molecule is Cc1ccccc1CS(=O)(=O)Cc1ccc(F)c(Br)c1. The van der Waals surface area contributed by atoms with E-state index in [-0.39, 0.29) is 16.0 Å². The summed E-state index contributed by atoms with van der Waals surface area (Å²) in [5.41, 5.74) is 2.33. The maximum atomic E-state index is 13.1. The van der Waals surface area contributed by atoms with Crippen molar-refractivity contribution in [2.45, 2.75) is 18.4 Å². The highest BCUT2D eigenvalue weighted by Crippen LogP contribution is 2.20. The van der Waals surface area contributed by atoms with Crippen molar-refractivity contribution in [2.24, 2.45) is 0 Å². The van der Waals surface area contributed by atoms with Crippen LogP contribution in [0.15, 0.2) is 46.9 Å². The molecule has 0 saturated carbocycles. The zero-order chi connectivity index (χ0) is 14.8. The van der Waals surface area contributed by atoms with Crippen molar-refractivity contribution in [2.75, 3.05) is 0 Å². The van der Waals surface area contributed by atoms with Gasteiger partial charge in [-0.15, -0.1) is 0 Å². The first-order valence-corrected chi connectivity index (χ1v) is 8.68. The molecule has 0 unspecified atom stereocenters. The Balaban J connectivity index is 2.19. The third kappa shape index (κ3) is 3.90. The van der Waals surface area contributed by atoms with Crippen molar-refractivity contribution in [3.8, 4) is 0 Å². The Hall–Kier alpha value is -1.20. The second-order valence-electron chi connectivity index (χ2n) is 4.71. The van der Waals surface area contributed by atoms with E-state index in [9.17, 15) is 12.8 Å². The molecule has 20 heavy (non-hydrogen) atoms. The van der Waals surface area contributed by atoms with Crippen molar-refractivity contribution in [1.29, 1.82) is 0 Å². The van der Waals surface area contributed by atoms with Gasteiger partial charge in [0.25, 0.3) is 0 Å². The molecule has 0 atom stereocenters. The van der Waals surface area contributed by atoms with E-state index in [1.54, 1.807) is 0 Å². The zero-order valence-electron chi connectivity index (χ0n) is 10.9. The third-order valence-corrected chi connectivity index (χ3v) is 5.14. The maximum Gasteiger partial charge on any atom is 0.158 e. The average molecular weight is 357 g/mol. The molecule has 0 aromatic heterocycles. The largest absolute Gasteiger partial charge is 0.228 e. The molecule has 0 spiro atoms. The van der Waals surface area contributed by atoms with Crippen LogP contribution in [0.25, 0.3) is 0 Å². The van der Waals surface area contributed by atoms with Gasteiger partial charge in [-0.2, -0.15) is 0 Å². The van der Waals surface area contributed by atoms with Gasteiger partial charge >= 0.3 is 0 Å². The van der Waals surface area contributed by atoms with Crippen LogP contribution in [0.3, 0.4) is 0 Å². The van der Waals surface area contributed by atoms with E-state index in [0.29, 0.717) is 5.56 Å². The lowest BCUT2D eigenvalue weighted by Gasteiger charge is -2.08. The molecule has 5 heteroatoms. The molecular formula is C15H14BrFO2S. The number of aryl methyl sites for hydroxylation is 1. The molecule has 0 aliphatic carbocycles. The third-order valence-electron chi connectivity index (χ3n) is 3.01. The Morgan fingerprint density at radius 1 is 1.10 bits per heavy atom. The molecule has 0 aliphatic rings. The van der Waals surface area contributed by atoms with Crippen molar-refractivity contribution < 1.29 is 12.8 Å². The Bertz CT molecular complexity index is 726. The number of rotatable bonds is 4. The molecule has 2 aromatic carbocycles. The number of hydrogen-bond acceptors (Lipinski definition) is 2. The molecule has 106 valence electrons. The first-order valence-electron chi connectivity index (χ1n) is 6.06. The summed E-state index contributed by atoms with van der Waals surface area (Å²) in [6.45, 7) is 1.89. The lowest BCUT2D eigenvalue weighted by molar-refractivity contribution is 0.593. The molecular weight excluding hydrogens is 343 g/mol. The molecule has 2 rings (SSSR count). The van der Waals surface area contributed by atoms with Crippen molar-refractivity contribution in [3.63, 3.8) is 0 Å². The van der Waals surface area contributed by atoms with Crippen LogP contribution in [0.2, 0.25) is 0 Å². The topological polar surface area (TPSA) is 34.1 Å². The summed E-state index contributed by atoms with van der Waals surface area (Å²) < 4.78 is 37.8. The summed E-state index contributed by atoms with van der Waals surface area (Å²) in [5.74, 6) is -0.500. The number of hydrogen-bond donors (Lipinski definition) is 0. The smallest absolute Gasteiger partial charge is 0.158 e. The molecule has 0 amide bonds. The van der Waals surface area contributed by atoms with Gasteiger partial charge in [-0.05, 0) is 51.7 Å². The standard InChI is InChI=1S/C15H14BrFO2S/c1-11-4-2-3-5-13(11)10-20(18,19)9-12-6-7-15(17)14(16)8-12/h2-8H,9-10H2,1H3. The van der Waals surface area contributed by atoms with Gasteiger partial charge in [0.15, 0.2) is 9.84 Å². The molecule has 0 radical (unpaired) electrons. The number of sulfone groups is 1. The first-order chi connectivity index (χ1) is 9.37. The fourth-order valence-electron chi connectivity index (χ4n) is 1.94. The average Bonchev–Trinajstić information content (AvgIpc) is 2.36. The first kappa shape index (κ1) is 15.2. The van der Waals surface area contributed by atoms with Crippen LogP contribution in [0.4, 0.5) is 4.39 Å². The van der Waals surface area contributed by atoms with Gasteiger partial charge in [-0.3, -0.25) is 0 Å². The lowest BCUT2D eigenvalue weighted by atomic mass is 10.1. The molecule has 0 bridgehead atoms. The van der Waals surface area contributed by atoms with Gasteiger partial charge in [0.2, 0.25) is 0 Å². The molecule has 0 aliphatic heterocycles. The van der Waals surface area contributed by atoms with E-state index in [4.69, 9.17) is 0 Å². The Labute approximate surface area is 126 Å². The molecule has 2 aromatic rings. The van der Waals surface area contributed by atoms with Crippen LogP contribution in [-0.4, -0.2) is 8.42 Å². The van der Waals surface area contributed by atoms with E-state index >= 15 is 0 Å². The van der Waals surface area contributed by atoms with Crippen LogP contribution in [0, 0.1) is 12.7 Å². The minimum absolute atomic E-state index is 0.00529. The summed E-state index contributed by atoms with van der Waals surface area (Å²) in [5, 5.41) is 0. The quantitative estimate of drug-likeness (QED) is 0.829. The monoisotopic (exact) mass is 356 g/mol. The van der Waals surface area contributed by atoms with E-state index in [1.165, 1.54) is 18.2 Å². The van der Waals surface area contributed by atoms with Gasteiger partial charge in [0, 0.05) is 0 Å². The fourth-order valence-corrected chi connectivity index (χ4v) is 3.96. The minimum Gasteiger partial charge on any atom is -0.228 e. The van der Waals surface area contributed by atoms with E-state index < -0.39 is 15.7 Å². The Morgan fingerprint density at radius 2 is 1.80 bits per heavy atom. The predicted octanol–water partition coefficient (Wildman–Crippen LogP) is 4.01. The van der Waals surface area contributed by atoms with Crippen LogP contribution in [0.5, 0.6) is 0 Å². The molecule has 0 N–H and O–H groups in total. The van der Waals surface area contributed by atoms with E-state index in [1.807, 2.05) is 31.2 Å². The van der Waals surface area contributed by atoms with E-state index in [0.717, 1.165) is 11.1 Å². The fraction of sp³-hybridized carbons (Fsp3) is 0.200. The summed E-state index contributed by atoms with van der Waals surface area (Å²) in [7, 11) is -3.28. The Kier molecular flexibility index (Phi) is 4.60. The van der Waals surface area contributed by atoms with Crippen molar-refractivity contribution in [1.82, 2.24) is 0 Å². The summed E-state index contributed by atoms with van der Waals surface area (Å²) in [4.78, 5) is 0. The molecule has 0 heterocycles. The van der Waals surface area contributed by atoms with E-state index in [2.05, 4.69) is 15.9 Å². The normalized spacial score (nSPS) is 11.6. The van der Waals surface area contributed by atoms with Crippen LogP contribution < -0.4 is 0 Å². The van der Waals surface area contributed by atoms with Crippen LogP contribution in [0.1, 0.15) is 16.7 Å². The van der Waals surface area contributed by atoms with Crippen molar-refractivity contribution in [3.05, 3.63) is 69.4 Å². The number of benzene rings is 2. The zero-order valence-corrected chi connectivity index (χ0v) is 13.3. The van der Waals surface area contributed by atoms with Crippen LogP contribution >= 0.6 is 15.9 Å². The predicted molar refractivity (Wildman–Crippen MR) is 81.6 cm³/mol. The highest BCUT2D eigenvalue weighted by atomic mass is 79.9. The second kappa shape index (κ2) is 6.06. The van der Waals surface area contributed by atoms with Gasteiger partial charge in [-0.1, -0.05) is 30.3 Å². The minimum atomic E-state index is -3.28. The van der Waals surface area contributed by atoms with Gasteiger partial charge < -0.3 is 0 Å². The summed E-state index contributed by atoms with van der Waals surface area (Å²) in [6.07, 6.45) is 0. The van der Waals surface area contributed by atoms with Gasteiger partial charge in [0.1, 0.15) is 5.82 Å². The molecule has 0 fully saturated rings. The highest BCUT2D eigenvalue weighted by molar-refractivity contribution is 9.10. The molecule has 2 nitrogen and oxygen atoms in total. The summed E-state index contributed by atoms with van der Waals surface area (Å²) in [6, 6.07) is 11.7.